The standard InChI is InChI=1S/C28H30Cl2FN3O4S/c1-3-4-16-32-28(36)20(2)33(18-21-10-12-22(31)13-11-21)27(35)19-34(23-14-15-25(29)26(30)17-23)39(37,38)24-8-6-5-7-9-24/h5-15,17,20H,3-4,16,18-19H2,1-2H3,(H,32,36)/t20-/m0/s1. The number of unbranched alkanes of at least 4 members (excludes halogenated alkanes) is 1. The van der Waals surface area contributed by atoms with Gasteiger partial charge in [-0.2, -0.15) is 0 Å². The Morgan fingerprint density at radius 3 is 2.26 bits per heavy atom. The van der Waals surface area contributed by atoms with Gasteiger partial charge in [0.2, 0.25) is 11.8 Å². The maximum absolute atomic E-state index is 13.8. The van der Waals surface area contributed by atoms with Crippen LogP contribution in [0.2, 0.25) is 10.0 Å². The summed E-state index contributed by atoms with van der Waals surface area (Å²) in [5.41, 5.74) is 0.702. The molecule has 1 N–H and O–H groups in total. The molecule has 0 radical (unpaired) electrons. The number of anilines is 1. The van der Waals surface area contributed by atoms with E-state index in [-0.39, 0.29) is 33.1 Å². The van der Waals surface area contributed by atoms with Crippen LogP contribution in [-0.2, 0) is 26.2 Å². The first-order valence-corrected chi connectivity index (χ1v) is 14.6. The van der Waals surface area contributed by atoms with Gasteiger partial charge in [-0.15, -0.1) is 0 Å². The third kappa shape index (κ3) is 7.94. The number of rotatable bonds is 12. The van der Waals surface area contributed by atoms with Crippen molar-refractivity contribution in [1.29, 1.82) is 0 Å². The predicted molar refractivity (Wildman–Crippen MR) is 152 cm³/mol. The summed E-state index contributed by atoms with van der Waals surface area (Å²) in [7, 11) is -4.22. The quantitative estimate of drug-likeness (QED) is 0.274. The smallest absolute Gasteiger partial charge is 0.264 e. The topological polar surface area (TPSA) is 86.8 Å². The fourth-order valence-electron chi connectivity index (χ4n) is 3.79. The third-order valence-corrected chi connectivity index (χ3v) is 8.59. The molecule has 0 bridgehead atoms. The molecule has 0 unspecified atom stereocenters. The number of nitrogens with zero attached hydrogens (tertiary/aromatic N) is 2. The maximum atomic E-state index is 13.8. The highest BCUT2D eigenvalue weighted by atomic mass is 35.5. The van der Waals surface area contributed by atoms with Gasteiger partial charge in [-0.05, 0) is 61.4 Å². The lowest BCUT2D eigenvalue weighted by atomic mass is 10.1. The number of amides is 2. The van der Waals surface area contributed by atoms with Crippen LogP contribution >= 0.6 is 23.2 Å². The SMILES string of the molecule is CCCCNC(=O)[C@H](C)N(Cc1ccc(F)cc1)C(=O)CN(c1ccc(Cl)c(Cl)c1)S(=O)(=O)c1ccccc1. The Bertz CT molecular complexity index is 1390. The van der Waals surface area contributed by atoms with Gasteiger partial charge >= 0.3 is 0 Å². The Kier molecular flexibility index (Phi) is 10.7. The Morgan fingerprint density at radius 1 is 0.974 bits per heavy atom. The molecule has 1 atom stereocenters. The van der Waals surface area contributed by atoms with E-state index in [1.54, 1.807) is 25.1 Å². The van der Waals surface area contributed by atoms with Crippen molar-refractivity contribution in [1.82, 2.24) is 10.2 Å². The number of sulfonamides is 1. The van der Waals surface area contributed by atoms with E-state index < -0.39 is 34.3 Å². The molecule has 0 aliphatic carbocycles. The first-order valence-electron chi connectivity index (χ1n) is 12.4. The molecule has 0 saturated heterocycles. The lowest BCUT2D eigenvalue weighted by Gasteiger charge is -2.32. The average Bonchev–Trinajstić information content (AvgIpc) is 2.93. The average molecular weight is 595 g/mol. The highest BCUT2D eigenvalue weighted by molar-refractivity contribution is 7.92. The highest BCUT2D eigenvalue weighted by Gasteiger charge is 2.32. The fourth-order valence-corrected chi connectivity index (χ4v) is 5.51. The number of hydrogen-bond acceptors (Lipinski definition) is 4. The molecule has 7 nitrogen and oxygen atoms in total. The minimum Gasteiger partial charge on any atom is -0.354 e. The van der Waals surface area contributed by atoms with Crippen LogP contribution in [0.4, 0.5) is 10.1 Å². The molecule has 39 heavy (non-hydrogen) atoms. The van der Waals surface area contributed by atoms with Crippen molar-refractivity contribution >= 4 is 50.7 Å². The summed E-state index contributed by atoms with van der Waals surface area (Å²) in [5, 5.41) is 3.15. The molecule has 2 amide bonds. The molecule has 0 aromatic heterocycles. The molecule has 11 heteroatoms. The van der Waals surface area contributed by atoms with Gasteiger partial charge in [-0.3, -0.25) is 13.9 Å². The largest absolute Gasteiger partial charge is 0.354 e. The number of carbonyl (C=O) groups is 2. The van der Waals surface area contributed by atoms with Crippen LogP contribution in [0.15, 0.2) is 77.7 Å². The Labute approximate surface area is 238 Å². The number of halogens is 3. The second-order valence-electron chi connectivity index (χ2n) is 8.89. The normalized spacial score (nSPS) is 12.0. The zero-order valence-corrected chi connectivity index (χ0v) is 23.9. The van der Waals surface area contributed by atoms with Crippen molar-refractivity contribution in [3.05, 3.63) is 94.2 Å². The van der Waals surface area contributed by atoms with Crippen LogP contribution in [0.3, 0.4) is 0 Å². The van der Waals surface area contributed by atoms with E-state index in [1.165, 1.54) is 59.5 Å². The zero-order valence-electron chi connectivity index (χ0n) is 21.6. The molecule has 3 aromatic rings. The molecule has 208 valence electrons. The van der Waals surface area contributed by atoms with Crippen LogP contribution < -0.4 is 9.62 Å². The summed E-state index contributed by atoms with van der Waals surface area (Å²) in [6.45, 7) is 3.34. The monoisotopic (exact) mass is 593 g/mol. The molecule has 3 aromatic carbocycles. The van der Waals surface area contributed by atoms with E-state index in [4.69, 9.17) is 23.2 Å². The zero-order chi connectivity index (χ0) is 28.6. The van der Waals surface area contributed by atoms with Gasteiger partial charge in [0.15, 0.2) is 0 Å². The molecule has 3 rings (SSSR count). The van der Waals surface area contributed by atoms with Crippen LogP contribution in [0.1, 0.15) is 32.3 Å². The highest BCUT2D eigenvalue weighted by Crippen LogP contribution is 2.31. The molecular formula is C28H30Cl2FN3O4S. The second-order valence-corrected chi connectivity index (χ2v) is 11.6. The van der Waals surface area contributed by atoms with Crippen molar-refractivity contribution in [3.63, 3.8) is 0 Å². The summed E-state index contributed by atoms with van der Waals surface area (Å²) in [4.78, 5) is 28.0. The van der Waals surface area contributed by atoms with Crippen molar-refractivity contribution in [2.45, 2.75) is 44.2 Å². The number of benzene rings is 3. The van der Waals surface area contributed by atoms with Gasteiger partial charge in [-0.1, -0.05) is 66.9 Å². The van der Waals surface area contributed by atoms with Crippen LogP contribution in [0.25, 0.3) is 0 Å². The summed E-state index contributed by atoms with van der Waals surface area (Å²) in [6.07, 6.45) is 1.65. The lowest BCUT2D eigenvalue weighted by molar-refractivity contribution is -0.139. The lowest BCUT2D eigenvalue weighted by Crippen LogP contribution is -2.51. The second kappa shape index (κ2) is 13.8. The number of nitrogens with one attached hydrogen (secondary N) is 1. The predicted octanol–water partition coefficient (Wildman–Crippen LogP) is 5.66. The molecule has 0 aliphatic heterocycles. The van der Waals surface area contributed by atoms with Crippen molar-refractivity contribution in [2.24, 2.45) is 0 Å². The first kappa shape index (κ1) is 30.4. The van der Waals surface area contributed by atoms with E-state index in [0.717, 1.165) is 17.1 Å². The van der Waals surface area contributed by atoms with Gasteiger partial charge in [0.25, 0.3) is 10.0 Å². The Hall–Kier alpha value is -3.14. The van der Waals surface area contributed by atoms with Crippen molar-refractivity contribution < 1.29 is 22.4 Å². The number of hydrogen-bond donors (Lipinski definition) is 1. The molecule has 0 spiro atoms. The van der Waals surface area contributed by atoms with E-state index >= 15 is 0 Å². The summed E-state index contributed by atoms with van der Waals surface area (Å²) in [6, 6.07) is 16.5. The summed E-state index contributed by atoms with van der Waals surface area (Å²) >= 11 is 12.2. The third-order valence-electron chi connectivity index (χ3n) is 6.06. The number of carbonyl (C=O) groups excluding carboxylic acids is 2. The van der Waals surface area contributed by atoms with E-state index in [0.29, 0.717) is 12.1 Å². The summed E-state index contributed by atoms with van der Waals surface area (Å²) < 4.78 is 41.9. The first-order chi connectivity index (χ1) is 18.5. The van der Waals surface area contributed by atoms with Crippen molar-refractivity contribution in [2.75, 3.05) is 17.4 Å². The minimum absolute atomic E-state index is 0.0284. The van der Waals surface area contributed by atoms with Gasteiger partial charge in [0, 0.05) is 13.1 Å². The summed E-state index contributed by atoms with van der Waals surface area (Å²) in [5.74, 6) is -1.46. The minimum atomic E-state index is -4.22. The molecule has 0 heterocycles. The van der Waals surface area contributed by atoms with E-state index in [1.807, 2.05) is 6.92 Å². The van der Waals surface area contributed by atoms with Crippen LogP contribution in [0.5, 0.6) is 0 Å². The molecule has 0 aliphatic rings. The molecule has 0 fully saturated rings. The van der Waals surface area contributed by atoms with Gasteiger partial charge in [-0.25, -0.2) is 12.8 Å². The van der Waals surface area contributed by atoms with E-state index in [9.17, 15) is 22.4 Å². The Balaban J connectivity index is 2.00. The van der Waals surface area contributed by atoms with Gasteiger partial charge in [0.05, 0.1) is 20.6 Å². The van der Waals surface area contributed by atoms with E-state index in [2.05, 4.69) is 5.32 Å². The fraction of sp³-hybridized carbons (Fsp3) is 0.286. The van der Waals surface area contributed by atoms with Crippen LogP contribution in [0, 0.1) is 5.82 Å². The van der Waals surface area contributed by atoms with Crippen LogP contribution in [-0.4, -0.2) is 44.3 Å². The molecule has 0 saturated carbocycles. The Morgan fingerprint density at radius 2 is 1.64 bits per heavy atom. The molecular weight excluding hydrogens is 564 g/mol. The maximum Gasteiger partial charge on any atom is 0.264 e. The van der Waals surface area contributed by atoms with Gasteiger partial charge in [0.1, 0.15) is 18.4 Å². The van der Waals surface area contributed by atoms with Gasteiger partial charge < -0.3 is 10.2 Å². The van der Waals surface area contributed by atoms with Crippen molar-refractivity contribution in [3.8, 4) is 0 Å².